The lowest BCUT2D eigenvalue weighted by Crippen LogP contribution is -2.64. The van der Waals surface area contributed by atoms with Crippen molar-refractivity contribution in [2.45, 2.75) is 32.0 Å². The normalized spacial score (nSPS) is 16.8. The fraction of sp³-hybridized carbons (Fsp3) is 0.233. The van der Waals surface area contributed by atoms with Crippen molar-refractivity contribution in [2.24, 2.45) is 0 Å². The molecule has 2 heterocycles. The number of nitrogens with zero attached hydrogens (tertiary/aromatic N) is 3. The number of methoxy groups -OCH3 is 1. The Labute approximate surface area is 216 Å². The molecule has 1 aromatic heterocycles. The van der Waals surface area contributed by atoms with Gasteiger partial charge in [-0.1, -0.05) is 78.9 Å². The molecule has 0 saturated heterocycles. The van der Waals surface area contributed by atoms with Crippen molar-refractivity contribution in [3.8, 4) is 17.0 Å². The lowest BCUT2D eigenvalue weighted by Gasteiger charge is -2.43. The van der Waals surface area contributed by atoms with Crippen molar-refractivity contribution < 1.29 is 14.3 Å². The summed E-state index contributed by atoms with van der Waals surface area (Å²) in [4.78, 5) is 29.3. The number of rotatable bonds is 8. The standard InChI is InChI=1S/C30H30N4O3/c1-30(29(36)31-20-24-15-9-10-16-27(24)37-2)21-34-26(19-25(32-34)23-13-7-4-8-14-23)28(35)33(30)18-17-22-11-5-3-6-12-22/h3-16,19H,17-18,20-21H2,1-2H3,(H,31,36)/t30-/m0/s1. The van der Waals surface area contributed by atoms with Gasteiger partial charge in [0.15, 0.2) is 0 Å². The zero-order valence-electron chi connectivity index (χ0n) is 21.1. The topological polar surface area (TPSA) is 76.5 Å². The number of carbonyl (C=O) groups is 2. The quantitative estimate of drug-likeness (QED) is 0.396. The van der Waals surface area contributed by atoms with Gasteiger partial charge in [-0.25, -0.2) is 0 Å². The Bertz CT molecular complexity index is 1400. The number of para-hydroxylation sites is 1. The molecular weight excluding hydrogens is 464 g/mol. The van der Waals surface area contributed by atoms with Crippen molar-refractivity contribution in [3.05, 3.63) is 108 Å². The second-order valence-corrected chi connectivity index (χ2v) is 9.40. The van der Waals surface area contributed by atoms with Crippen LogP contribution in [0.25, 0.3) is 11.3 Å². The fourth-order valence-corrected chi connectivity index (χ4v) is 4.84. The first-order valence-corrected chi connectivity index (χ1v) is 12.4. The Morgan fingerprint density at radius 2 is 1.68 bits per heavy atom. The molecule has 0 aliphatic carbocycles. The predicted octanol–water partition coefficient (Wildman–Crippen LogP) is 4.33. The third-order valence-corrected chi connectivity index (χ3v) is 6.96. The van der Waals surface area contributed by atoms with Crippen LogP contribution < -0.4 is 10.1 Å². The summed E-state index contributed by atoms with van der Waals surface area (Å²) in [6.07, 6.45) is 0.641. The van der Waals surface area contributed by atoms with Crippen LogP contribution in [-0.4, -0.2) is 45.7 Å². The van der Waals surface area contributed by atoms with Gasteiger partial charge in [-0.3, -0.25) is 14.3 Å². The lowest BCUT2D eigenvalue weighted by molar-refractivity contribution is -0.133. The third-order valence-electron chi connectivity index (χ3n) is 6.96. The summed E-state index contributed by atoms with van der Waals surface area (Å²) >= 11 is 0. The number of aromatic nitrogens is 2. The van der Waals surface area contributed by atoms with Crippen LogP contribution in [0.15, 0.2) is 91.0 Å². The summed E-state index contributed by atoms with van der Waals surface area (Å²) in [6, 6.07) is 29.1. The number of fused-ring (bicyclic) bond motifs is 1. The highest BCUT2D eigenvalue weighted by molar-refractivity contribution is 6.00. The Kier molecular flexibility index (Phi) is 6.77. The number of nitrogens with one attached hydrogen (secondary N) is 1. The highest BCUT2D eigenvalue weighted by Gasteiger charge is 2.47. The molecule has 4 aromatic rings. The van der Waals surface area contributed by atoms with E-state index in [2.05, 4.69) is 5.32 Å². The van der Waals surface area contributed by atoms with E-state index in [1.807, 2.05) is 97.9 Å². The Balaban J connectivity index is 1.45. The molecule has 0 bridgehead atoms. The van der Waals surface area contributed by atoms with E-state index in [9.17, 15) is 9.59 Å². The fourth-order valence-electron chi connectivity index (χ4n) is 4.84. The first-order valence-electron chi connectivity index (χ1n) is 12.4. The van der Waals surface area contributed by atoms with Crippen LogP contribution in [0.3, 0.4) is 0 Å². The molecule has 0 spiro atoms. The second-order valence-electron chi connectivity index (χ2n) is 9.40. The largest absolute Gasteiger partial charge is 0.496 e. The first kappa shape index (κ1) is 24.3. The molecule has 1 atom stereocenters. The zero-order valence-corrected chi connectivity index (χ0v) is 21.1. The highest BCUT2D eigenvalue weighted by Crippen LogP contribution is 2.30. The summed E-state index contributed by atoms with van der Waals surface area (Å²) in [5.74, 6) is 0.268. The maximum atomic E-state index is 13.8. The van der Waals surface area contributed by atoms with Gasteiger partial charge in [0.05, 0.1) is 19.3 Å². The Hall–Kier alpha value is -4.39. The lowest BCUT2D eigenvalue weighted by atomic mass is 9.94. The molecule has 1 aliphatic rings. The number of benzene rings is 3. The smallest absolute Gasteiger partial charge is 0.273 e. The molecule has 0 unspecified atom stereocenters. The SMILES string of the molecule is COc1ccccc1CNC(=O)[C@]1(C)Cn2nc(-c3ccccc3)cc2C(=O)N1CCc1ccccc1. The molecule has 5 rings (SSSR count). The molecule has 7 heteroatoms. The maximum Gasteiger partial charge on any atom is 0.273 e. The number of hydrogen-bond donors (Lipinski definition) is 1. The van der Waals surface area contributed by atoms with E-state index in [-0.39, 0.29) is 18.4 Å². The molecule has 2 amide bonds. The van der Waals surface area contributed by atoms with Gasteiger partial charge in [-0.15, -0.1) is 0 Å². The molecule has 3 aromatic carbocycles. The van der Waals surface area contributed by atoms with E-state index in [4.69, 9.17) is 9.84 Å². The molecule has 37 heavy (non-hydrogen) atoms. The summed E-state index contributed by atoms with van der Waals surface area (Å²) in [7, 11) is 1.61. The molecule has 0 fully saturated rings. The van der Waals surface area contributed by atoms with E-state index in [1.165, 1.54) is 0 Å². The van der Waals surface area contributed by atoms with Crippen molar-refractivity contribution in [1.82, 2.24) is 20.0 Å². The third kappa shape index (κ3) is 4.85. The van der Waals surface area contributed by atoms with Gasteiger partial charge in [0, 0.05) is 24.2 Å². The molecule has 1 aliphatic heterocycles. The van der Waals surface area contributed by atoms with Gasteiger partial charge in [0.1, 0.15) is 17.0 Å². The minimum atomic E-state index is -1.12. The minimum absolute atomic E-state index is 0.202. The van der Waals surface area contributed by atoms with E-state index in [1.54, 1.807) is 16.7 Å². The van der Waals surface area contributed by atoms with Gasteiger partial charge in [0.25, 0.3) is 5.91 Å². The highest BCUT2D eigenvalue weighted by atomic mass is 16.5. The minimum Gasteiger partial charge on any atom is -0.496 e. The van der Waals surface area contributed by atoms with Crippen LogP contribution in [0, 0.1) is 0 Å². The van der Waals surface area contributed by atoms with Crippen LogP contribution in [0.2, 0.25) is 0 Å². The van der Waals surface area contributed by atoms with Crippen molar-refractivity contribution >= 4 is 11.8 Å². The molecule has 0 saturated carbocycles. The van der Waals surface area contributed by atoms with E-state index < -0.39 is 5.54 Å². The van der Waals surface area contributed by atoms with Crippen LogP contribution in [-0.2, 0) is 24.3 Å². The summed E-state index contributed by atoms with van der Waals surface area (Å²) in [5, 5.41) is 7.76. The van der Waals surface area contributed by atoms with E-state index in [0.717, 1.165) is 16.7 Å². The first-order chi connectivity index (χ1) is 18.0. The predicted molar refractivity (Wildman–Crippen MR) is 142 cm³/mol. The summed E-state index contributed by atoms with van der Waals surface area (Å²) in [5.41, 5.74) is 2.98. The molecule has 1 N–H and O–H groups in total. The number of ether oxygens (including phenoxy) is 1. The average molecular weight is 495 g/mol. The van der Waals surface area contributed by atoms with Gasteiger partial charge < -0.3 is 15.0 Å². The molecule has 0 radical (unpaired) electrons. The van der Waals surface area contributed by atoms with Gasteiger partial charge in [-0.2, -0.15) is 5.10 Å². The molecular formula is C30H30N4O3. The van der Waals surface area contributed by atoms with Gasteiger partial charge in [0.2, 0.25) is 5.91 Å². The zero-order chi connectivity index (χ0) is 25.8. The van der Waals surface area contributed by atoms with Crippen molar-refractivity contribution in [1.29, 1.82) is 0 Å². The van der Waals surface area contributed by atoms with Crippen molar-refractivity contribution in [3.63, 3.8) is 0 Å². The van der Waals surface area contributed by atoms with Crippen LogP contribution in [0.1, 0.15) is 28.5 Å². The average Bonchev–Trinajstić information content (AvgIpc) is 3.36. The van der Waals surface area contributed by atoms with Gasteiger partial charge >= 0.3 is 0 Å². The molecule has 188 valence electrons. The van der Waals surface area contributed by atoms with Crippen LogP contribution in [0.5, 0.6) is 5.75 Å². The van der Waals surface area contributed by atoms with E-state index >= 15 is 0 Å². The van der Waals surface area contributed by atoms with E-state index in [0.29, 0.717) is 36.6 Å². The number of carbonyl (C=O) groups excluding carboxylic acids is 2. The summed E-state index contributed by atoms with van der Waals surface area (Å²) in [6.45, 7) is 2.78. The second kappa shape index (κ2) is 10.3. The van der Waals surface area contributed by atoms with Crippen molar-refractivity contribution in [2.75, 3.05) is 13.7 Å². The maximum absolute atomic E-state index is 13.8. The summed E-state index contributed by atoms with van der Waals surface area (Å²) < 4.78 is 7.11. The molecule has 7 nitrogen and oxygen atoms in total. The Morgan fingerprint density at radius 1 is 1.00 bits per heavy atom. The van der Waals surface area contributed by atoms with Crippen LogP contribution >= 0.6 is 0 Å². The number of hydrogen-bond acceptors (Lipinski definition) is 4. The van der Waals surface area contributed by atoms with Crippen LogP contribution in [0.4, 0.5) is 0 Å². The number of amides is 2. The Morgan fingerprint density at radius 3 is 2.41 bits per heavy atom. The monoisotopic (exact) mass is 494 g/mol. The van der Waals surface area contributed by atoms with Gasteiger partial charge in [-0.05, 0) is 31.0 Å².